The molecule has 122 heavy (non-hydrogen) atoms. The Labute approximate surface area is 778 Å². The van der Waals surface area contributed by atoms with Gasteiger partial charge in [0.15, 0.2) is 23.3 Å². The normalized spacial score (nSPS) is 9.54. The van der Waals surface area contributed by atoms with E-state index in [4.69, 9.17) is 130 Å². The van der Waals surface area contributed by atoms with Crippen molar-refractivity contribution in [2.45, 2.75) is 55.4 Å². The van der Waals surface area contributed by atoms with Crippen LogP contribution in [0.4, 0.5) is 23.3 Å². The number of hydrogen-bond donors (Lipinski definition) is 8. The van der Waals surface area contributed by atoms with Gasteiger partial charge in [0.2, 0.25) is 29.2 Å². The standard InChI is InChI=1S/4C16H15N2O2P.4C2H6O.2Eu.6NO3/c4*1-13-12-16(17-20-13)18-21(19,14-8-4-2-5-9-14)15-10-6-3-7-11-15;4*1-2-3;;;6*2-1(3)4/h4*2-12H,1H3,(H,17,18,19);4*3H,2H2,1H3;;;;;;;;/q;;;;;;;;2*+3;6*-1. The average molecular weight is 2050 g/mol. The van der Waals surface area contributed by atoms with Gasteiger partial charge in [-0.05, 0) is 152 Å². The molecule has 8 N–H and O–H groups in total. The van der Waals surface area contributed by atoms with Gasteiger partial charge < -0.3 is 151 Å². The number of aryl methyl sites for hydroxylation is 4. The van der Waals surface area contributed by atoms with Crippen LogP contribution in [0.3, 0.4) is 0 Å². The van der Waals surface area contributed by atoms with E-state index < -0.39 is 59.7 Å². The van der Waals surface area contributed by atoms with Gasteiger partial charge in [-0.3, -0.25) is 18.3 Å². The van der Waals surface area contributed by atoms with Crippen molar-refractivity contribution in [2.75, 3.05) is 46.8 Å². The third kappa shape index (κ3) is 51.5. The van der Waals surface area contributed by atoms with Crippen molar-refractivity contribution < 1.29 is 186 Å². The van der Waals surface area contributed by atoms with Crippen LogP contribution in [0.15, 0.2) is 285 Å². The first-order chi connectivity index (χ1) is 56.8. The van der Waals surface area contributed by atoms with Gasteiger partial charge in [0.25, 0.3) is 0 Å². The zero-order valence-electron chi connectivity index (χ0n) is 65.7. The summed E-state index contributed by atoms with van der Waals surface area (Å²) in [7, 11) is -12.0. The van der Waals surface area contributed by atoms with Gasteiger partial charge >= 0.3 is 98.8 Å². The molecule has 0 fully saturated rings. The first-order valence-corrected chi connectivity index (χ1v) is 40.7. The van der Waals surface area contributed by atoms with Crippen LogP contribution in [0.25, 0.3) is 0 Å². The van der Waals surface area contributed by atoms with Crippen LogP contribution < -0.4 is 62.8 Å². The number of nitrogens with zero attached hydrogens (tertiary/aromatic N) is 10. The third-order valence-corrected chi connectivity index (χ3v) is 22.9. The van der Waals surface area contributed by atoms with Gasteiger partial charge in [0.05, 0.1) is 30.5 Å². The maximum absolute atomic E-state index is 13.6. The van der Waals surface area contributed by atoms with E-state index in [1.165, 1.54) is 0 Å². The molecule has 0 unspecified atom stereocenters. The number of anilines is 4. The van der Waals surface area contributed by atoms with Crippen LogP contribution in [0, 0.1) is 218 Å². The van der Waals surface area contributed by atoms with E-state index in [0.717, 1.165) is 42.4 Å². The number of aliphatic hydroxyl groups is 4. The summed E-state index contributed by atoms with van der Waals surface area (Å²) in [5.74, 6) is 4.59. The molecule has 0 bridgehead atoms. The second kappa shape index (κ2) is 67.6. The molecule has 0 amide bonds. The SMILES string of the molecule is CCO.CCO.CCO.CCO.Cc1cc(NP(=O)(c2ccccc2)c2ccccc2)no1.Cc1cc(NP(=O)(c2ccccc2)c2ccccc2)no1.Cc1cc(NP(=O)(c2ccccc2)c2ccccc2)no1.Cc1cc(NP(=O)(c2ccccc2)c2ccccc2)no1.O=[N+]([O-])[O-].O=[N+]([O-])[O-].O=[N+]([O-])[O-].O=[N+]([O-])[O-].O=[N+]([O-])[O-].O=[N+]([O-])[O-].[Eu+3].[Eu+3]. The first kappa shape index (κ1) is 117. The molecule has 12 rings (SSSR count). The van der Waals surface area contributed by atoms with Crippen molar-refractivity contribution in [3.63, 3.8) is 0 Å². The van der Waals surface area contributed by atoms with Crippen molar-refractivity contribution in [3.8, 4) is 0 Å². The molecular weight excluding hydrogens is 1970 g/mol. The second-order valence-corrected chi connectivity index (χ2v) is 31.4. The van der Waals surface area contributed by atoms with E-state index in [9.17, 15) is 18.3 Å². The van der Waals surface area contributed by atoms with Crippen molar-refractivity contribution >= 4 is 94.9 Å². The molecule has 0 aliphatic rings. The summed E-state index contributed by atoms with van der Waals surface area (Å²) in [4.78, 5) is 49.5. The number of rotatable bonds is 16. The summed E-state index contributed by atoms with van der Waals surface area (Å²) >= 11 is 0. The smallest absolute Gasteiger partial charge is 0.397 e. The van der Waals surface area contributed by atoms with Crippen molar-refractivity contribution in [1.29, 1.82) is 0 Å². The van der Waals surface area contributed by atoms with Crippen LogP contribution in [0.2, 0.25) is 0 Å². The van der Waals surface area contributed by atoms with Crippen LogP contribution in [0.1, 0.15) is 50.7 Å². The molecule has 12 aromatic rings. The topological polar surface area (TPSA) is 699 Å². The van der Waals surface area contributed by atoms with Gasteiger partial charge in [-0.15, -0.1) is 0 Å². The Morgan fingerprint density at radius 3 is 0.418 bits per heavy atom. The molecule has 0 saturated carbocycles. The van der Waals surface area contributed by atoms with E-state index in [2.05, 4.69) is 41.0 Å². The summed E-state index contributed by atoms with van der Waals surface area (Å²) in [5, 5.41) is 152. The Hall–Kier alpha value is -11.1. The molecule has 8 aromatic carbocycles. The Balaban J connectivity index is -0.000000667. The first-order valence-electron chi connectivity index (χ1n) is 33.8. The fraction of sp³-hybridized carbons (Fsp3) is 0.167. The molecule has 0 spiro atoms. The summed E-state index contributed by atoms with van der Waals surface area (Å²) in [6.07, 6.45) is 0. The minimum absolute atomic E-state index is 0. The van der Waals surface area contributed by atoms with Gasteiger partial charge in [0, 0.05) is 93.1 Å². The molecule has 50 heteroatoms. The molecule has 0 aliphatic heterocycles. The van der Waals surface area contributed by atoms with Gasteiger partial charge in [0.1, 0.15) is 23.0 Å². The predicted molar refractivity (Wildman–Crippen MR) is 452 cm³/mol. The van der Waals surface area contributed by atoms with Gasteiger partial charge in [-0.1, -0.05) is 166 Å². The fourth-order valence-corrected chi connectivity index (χ4v) is 17.2. The Morgan fingerprint density at radius 2 is 0.344 bits per heavy atom. The monoisotopic (exact) mass is 2050 g/mol. The van der Waals surface area contributed by atoms with Crippen LogP contribution in [-0.4, -0.2) is 98.0 Å². The molecule has 4 heterocycles. The molecule has 0 atom stereocenters. The van der Waals surface area contributed by atoms with Crippen molar-refractivity contribution in [3.05, 3.63) is 382 Å². The number of hydrogen-bond acceptors (Lipinski definition) is 34. The molecule has 0 saturated heterocycles. The predicted octanol–water partition coefficient (Wildman–Crippen LogP) is 11.9. The van der Waals surface area contributed by atoms with E-state index in [0.29, 0.717) is 46.3 Å². The molecular formula is C72H84Eu2N14O30P4. The van der Waals surface area contributed by atoms with E-state index >= 15 is 0 Å². The molecule has 656 valence electrons. The van der Waals surface area contributed by atoms with E-state index in [1.807, 2.05) is 243 Å². The van der Waals surface area contributed by atoms with E-state index in [-0.39, 0.29) is 125 Å². The zero-order chi connectivity index (χ0) is 91.1. The second-order valence-electron chi connectivity index (χ2n) is 21.5. The number of aliphatic hydroxyl groups excluding tert-OH is 4. The number of benzene rings is 8. The quantitative estimate of drug-likeness (QED) is 0.0253. The maximum Gasteiger partial charge on any atom is 3.00 e. The minimum Gasteiger partial charge on any atom is -0.397 e. The average Bonchev–Trinajstić information content (AvgIpc) is 1.30. The third-order valence-electron chi connectivity index (χ3n) is 12.6. The molecule has 44 nitrogen and oxygen atoms in total. The number of aromatic nitrogens is 4. The Morgan fingerprint density at radius 1 is 0.254 bits per heavy atom. The summed E-state index contributed by atoms with van der Waals surface area (Å²) < 4.78 is 74.6. The van der Waals surface area contributed by atoms with Crippen LogP contribution in [-0.2, 0) is 18.3 Å². The largest absolute Gasteiger partial charge is 3.00 e. The summed E-state index contributed by atoms with van der Waals surface area (Å²) in [5.41, 5.74) is 0. The molecule has 4 aromatic heterocycles. The summed E-state index contributed by atoms with van der Waals surface area (Å²) in [6, 6.07) is 81.8. The van der Waals surface area contributed by atoms with Crippen molar-refractivity contribution in [2.24, 2.45) is 0 Å². The van der Waals surface area contributed by atoms with Crippen molar-refractivity contribution in [1.82, 2.24) is 20.6 Å². The minimum atomic E-state index is -3.01. The van der Waals surface area contributed by atoms with Crippen LogP contribution in [0.5, 0.6) is 0 Å². The van der Waals surface area contributed by atoms with Crippen LogP contribution >= 0.6 is 29.2 Å². The van der Waals surface area contributed by atoms with Gasteiger partial charge in [-0.2, -0.15) is 0 Å². The Bertz CT molecular complexity index is 4160. The molecule has 0 aliphatic carbocycles. The molecule has 0 radical (unpaired) electrons. The summed E-state index contributed by atoms with van der Waals surface area (Å²) in [6.45, 7) is 14.9. The maximum atomic E-state index is 13.6. The zero-order valence-corrected chi connectivity index (χ0v) is 74.1. The van der Waals surface area contributed by atoms with E-state index in [1.54, 1.807) is 79.7 Å². The fourth-order valence-electron chi connectivity index (χ4n) is 8.54. The number of nitrogens with one attached hydrogen (secondary N) is 4. The van der Waals surface area contributed by atoms with Gasteiger partial charge in [-0.25, -0.2) is 0 Å². The Kier molecular flexibility index (Phi) is 64.9.